The minimum atomic E-state index is 0.842. The second-order valence-corrected chi connectivity index (χ2v) is 6.16. The topological polar surface area (TPSA) is 6.48 Å². The van der Waals surface area contributed by atoms with E-state index < -0.39 is 0 Å². The van der Waals surface area contributed by atoms with Crippen LogP contribution in [0.2, 0.25) is 0 Å². The number of benzene rings is 1. The SMILES string of the molecule is CCCC(C)CN1CCN(c2ccccc2CC)CC1. The number of para-hydroxylation sites is 1. The number of rotatable bonds is 6. The summed E-state index contributed by atoms with van der Waals surface area (Å²) in [6.45, 7) is 13.0. The molecule has 1 aliphatic heterocycles. The Morgan fingerprint density at radius 3 is 2.40 bits per heavy atom. The molecule has 0 radical (unpaired) electrons. The van der Waals surface area contributed by atoms with Gasteiger partial charge in [0.2, 0.25) is 0 Å². The largest absolute Gasteiger partial charge is 0.369 e. The number of piperazine rings is 1. The van der Waals surface area contributed by atoms with Gasteiger partial charge in [-0.05, 0) is 30.4 Å². The number of hydrogen-bond acceptors (Lipinski definition) is 2. The predicted molar refractivity (Wildman–Crippen MR) is 88.5 cm³/mol. The Bertz CT molecular complexity index is 394. The van der Waals surface area contributed by atoms with E-state index in [1.807, 2.05) is 0 Å². The summed E-state index contributed by atoms with van der Waals surface area (Å²) < 4.78 is 0. The molecule has 0 amide bonds. The average Bonchev–Trinajstić information content (AvgIpc) is 2.48. The molecule has 1 saturated heterocycles. The van der Waals surface area contributed by atoms with Gasteiger partial charge in [-0.3, -0.25) is 4.90 Å². The molecule has 0 bridgehead atoms. The Morgan fingerprint density at radius 1 is 1.05 bits per heavy atom. The first kappa shape index (κ1) is 15.4. The van der Waals surface area contributed by atoms with Crippen molar-refractivity contribution >= 4 is 5.69 Å². The molecule has 0 aromatic heterocycles. The van der Waals surface area contributed by atoms with E-state index in [0.717, 1.165) is 12.3 Å². The Hall–Kier alpha value is -1.02. The van der Waals surface area contributed by atoms with Crippen LogP contribution in [-0.4, -0.2) is 37.6 Å². The molecular weight excluding hydrogens is 244 g/mol. The van der Waals surface area contributed by atoms with Crippen molar-refractivity contribution in [1.29, 1.82) is 0 Å². The van der Waals surface area contributed by atoms with E-state index >= 15 is 0 Å². The molecule has 112 valence electrons. The van der Waals surface area contributed by atoms with E-state index in [2.05, 4.69) is 54.8 Å². The molecule has 2 nitrogen and oxygen atoms in total. The van der Waals surface area contributed by atoms with Crippen LogP contribution < -0.4 is 4.90 Å². The maximum Gasteiger partial charge on any atom is 0.0399 e. The lowest BCUT2D eigenvalue weighted by molar-refractivity contribution is 0.219. The summed E-state index contributed by atoms with van der Waals surface area (Å²) in [5.74, 6) is 0.842. The minimum absolute atomic E-state index is 0.842. The zero-order valence-corrected chi connectivity index (χ0v) is 13.4. The highest BCUT2D eigenvalue weighted by Crippen LogP contribution is 2.22. The van der Waals surface area contributed by atoms with Crippen molar-refractivity contribution in [1.82, 2.24) is 4.90 Å². The van der Waals surface area contributed by atoms with Gasteiger partial charge in [0.1, 0.15) is 0 Å². The molecule has 2 heteroatoms. The first-order valence-electron chi connectivity index (χ1n) is 8.29. The van der Waals surface area contributed by atoms with Crippen molar-refractivity contribution in [3.8, 4) is 0 Å². The van der Waals surface area contributed by atoms with Crippen molar-refractivity contribution in [2.45, 2.75) is 40.0 Å². The first-order valence-corrected chi connectivity index (χ1v) is 8.29. The van der Waals surface area contributed by atoms with Gasteiger partial charge in [-0.25, -0.2) is 0 Å². The van der Waals surface area contributed by atoms with Crippen LogP contribution in [0.15, 0.2) is 24.3 Å². The van der Waals surface area contributed by atoms with Gasteiger partial charge in [0.05, 0.1) is 0 Å². The Morgan fingerprint density at radius 2 is 1.75 bits per heavy atom. The standard InChI is InChI=1S/C18H30N2/c1-4-8-16(3)15-19-11-13-20(14-12-19)18-10-7-6-9-17(18)5-2/h6-7,9-10,16H,4-5,8,11-15H2,1-3H3. The van der Waals surface area contributed by atoms with E-state index in [-0.39, 0.29) is 0 Å². The van der Waals surface area contributed by atoms with Gasteiger partial charge in [-0.1, -0.05) is 45.4 Å². The maximum absolute atomic E-state index is 2.64. The summed E-state index contributed by atoms with van der Waals surface area (Å²) in [5.41, 5.74) is 2.94. The Labute approximate surface area is 124 Å². The van der Waals surface area contributed by atoms with Crippen LogP contribution in [-0.2, 0) is 6.42 Å². The minimum Gasteiger partial charge on any atom is -0.369 e. The van der Waals surface area contributed by atoms with E-state index in [0.29, 0.717) is 0 Å². The van der Waals surface area contributed by atoms with Crippen molar-refractivity contribution in [3.63, 3.8) is 0 Å². The van der Waals surface area contributed by atoms with Crippen molar-refractivity contribution in [2.75, 3.05) is 37.6 Å². The summed E-state index contributed by atoms with van der Waals surface area (Å²) in [6.07, 6.45) is 3.80. The lowest BCUT2D eigenvalue weighted by atomic mass is 10.0. The van der Waals surface area contributed by atoms with Crippen molar-refractivity contribution < 1.29 is 0 Å². The van der Waals surface area contributed by atoms with Crippen LogP contribution in [0.5, 0.6) is 0 Å². The lowest BCUT2D eigenvalue weighted by Gasteiger charge is -2.38. The second-order valence-electron chi connectivity index (χ2n) is 6.16. The molecule has 1 aromatic carbocycles. The maximum atomic E-state index is 2.64. The number of anilines is 1. The smallest absolute Gasteiger partial charge is 0.0399 e. The Balaban J connectivity index is 1.88. The monoisotopic (exact) mass is 274 g/mol. The van der Waals surface area contributed by atoms with Gasteiger partial charge >= 0.3 is 0 Å². The number of hydrogen-bond donors (Lipinski definition) is 0. The Kier molecular flexibility index (Phi) is 5.90. The van der Waals surface area contributed by atoms with Gasteiger partial charge < -0.3 is 4.90 Å². The van der Waals surface area contributed by atoms with Crippen LogP contribution >= 0.6 is 0 Å². The van der Waals surface area contributed by atoms with Crippen LogP contribution in [0.1, 0.15) is 39.2 Å². The summed E-state index contributed by atoms with van der Waals surface area (Å²) in [4.78, 5) is 5.21. The summed E-state index contributed by atoms with van der Waals surface area (Å²) in [6, 6.07) is 8.88. The molecule has 1 heterocycles. The number of nitrogens with zero attached hydrogens (tertiary/aromatic N) is 2. The van der Waals surface area contributed by atoms with Crippen LogP contribution in [0.4, 0.5) is 5.69 Å². The lowest BCUT2D eigenvalue weighted by Crippen LogP contribution is -2.47. The average molecular weight is 274 g/mol. The highest BCUT2D eigenvalue weighted by Gasteiger charge is 2.19. The molecule has 1 aromatic rings. The fourth-order valence-electron chi connectivity index (χ4n) is 3.31. The van der Waals surface area contributed by atoms with Gasteiger partial charge in [0.15, 0.2) is 0 Å². The second kappa shape index (κ2) is 7.68. The highest BCUT2D eigenvalue weighted by molar-refractivity contribution is 5.54. The van der Waals surface area contributed by atoms with Crippen molar-refractivity contribution in [3.05, 3.63) is 29.8 Å². The van der Waals surface area contributed by atoms with Gasteiger partial charge in [0, 0.05) is 38.4 Å². The van der Waals surface area contributed by atoms with E-state index in [4.69, 9.17) is 0 Å². The third-order valence-corrected chi connectivity index (χ3v) is 4.44. The van der Waals surface area contributed by atoms with Crippen LogP contribution in [0, 0.1) is 5.92 Å². The third-order valence-electron chi connectivity index (χ3n) is 4.44. The molecule has 0 saturated carbocycles. The first-order chi connectivity index (χ1) is 9.74. The van der Waals surface area contributed by atoms with E-state index in [1.54, 1.807) is 0 Å². The molecule has 2 rings (SSSR count). The zero-order valence-electron chi connectivity index (χ0n) is 13.4. The highest BCUT2D eigenvalue weighted by atomic mass is 15.3. The van der Waals surface area contributed by atoms with Crippen LogP contribution in [0.3, 0.4) is 0 Å². The molecule has 1 fully saturated rings. The summed E-state index contributed by atoms with van der Waals surface area (Å²) in [5, 5.41) is 0. The molecule has 0 aliphatic carbocycles. The third kappa shape index (κ3) is 3.99. The van der Waals surface area contributed by atoms with Gasteiger partial charge in [-0.15, -0.1) is 0 Å². The molecular formula is C18H30N2. The van der Waals surface area contributed by atoms with Crippen LogP contribution in [0.25, 0.3) is 0 Å². The van der Waals surface area contributed by atoms with Gasteiger partial charge in [-0.2, -0.15) is 0 Å². The molecule has 0 N–H and O–H groups in total. The quantitative estimate of drug-likeness (QED) is 0.778. The fraction of sp³-hybridized carbons (Fsp3) is 0.667. The number of aryl methyl sites for hydroxylation is 1. The van der Waals surface area contributed by atoms with Gasteiger partial charge in [0.25, 0.3) is 0 Å². The molecule has 0 spiro atoms. The fourth-order valence-corrected chi connectivity index (χ4v) is 3.31. The molecule has 20 heavy (non-hydrogen) atoms. The normalized spacial score (nSPS) is 18.2. The van der Waals surface area contributed by atoms with E-state index in [9.17, 15) is 0 Å². The van der Waals surface area contributed by atoms with Crippen molar-refractivity contribution in [2.24, 2.45) is 5.92 Å². The zero-order chi connectivity index (χ0) is 14.4. The molecule has 1 atom stereocenters. The molecule has 1 unspecified atom stereocenters. The van der Waals surface area contributed by atoms with E-state index in [1.165, 1.54) is 56.8 Å². The summed E-state index contributed by atoms with van der Waals surface area (Å²) in [7, 11) is 0. The predicted octanol–water partition coefficient (Wildman–Crippen LogP) is 3.81. The molecule has 1 aliphatic rings. The summed E-state index contributed by atoms with van der Waals surface area (Å²) >= 11 is 0.